The van der Waals surface area contributed by atoms with Crippen LogP contribution in [-0.2, 0) is 31.9 Å². The molecule has 8 nitrogen and oxygen atoms in total. The van der Waals surface area contributed by atoms with Gasteiger partial charge in [-0.2, -0.15) is 0 Å². The molecule has 0 N–H and O–H groups in total. The first-order valence-electron chi connectivity index (χ1n) is 16.3. The van der Waals surface area contributed by atoms with Gasteiger partial charge in [-0.15, -0.1) is 0 Å². The average Bonchev–Trinajstić information content (AvgIpc) is 3.05. The van der Waals surface area contributed by atoms with Crippen molar-refractivity contribution in [3.05, 3.63) is 70.2 Å². The van der Waals surface area contributed by atoms with Crippen LogP contribution in [0.2, 0.25) is 0 Å². The molecule has 0 radical (unpaired) electrons. The summed E-state index contributed by atoms with van der Waals surface area (Å²) in [5.74, 6) is 2.70. The molecule has 0 aliphatic carbocycles. The maximum absolute atomic E-state index is 12.1. The first-order chi connectivity index (χ1) is 22.5. The number of ether oxygens (including phenoxy) is 6. The Kier molecular flexibility index (Phi) is 14.6. The van der Waals surface area contributed by atoms with Gasteiger partial charge in [0.15, 0.2) is 11.5 Å². The highest BCUT2D eigenvalue weighted by Gasteiger charge is 2.15. The highest BCUT2D eigenvalue weighted by molar-refractivity contribution is 9.10. The zero-order valence-corrected chi connectivity index (χ0v) is 28.5. The molecular formula is C37H45BrO8. The fourth-order valence-electron chi connectivity index (χ4n) is 5.35. The third-order valence-corrected chi connectivity index (χ3v) is 8.02. The molecule has 46 heavy (non-hydrogen) atoms. The molecular weight excluding hydrogens is 652 g/mol. The average molecular weight is 698 g/mol. The van der Waals surface area contributed by atoms with E-state index >= 15 is 0 Å². The lowest BCUT2D eigenvalue weighted by atomic mass is 9.96. The lowest BCUT2D eigenvalue weighted by Gasteiger charge is -2.19. The summed E-state index contributed by atoms with van der Waals surface area (Å²) in [6.07, 6.45) is 6.71. The summed E-state index contributed by atoms with van der Waals surface area (Å²) < 4.78 is 34.7. The van der Waals surface area contributed by atoms with Crippen LogP contribution in [0.3, 0.4) is 0 Å². The van der Waals surface area contributed by atoms with E-state index in [1.54, 1.807) is 6.92 Å². The van der Waals surface area contributed by atoms with Gasteiger partial charge in [0, 0.05) is 17.3 Å². The zero-order valence-electron chi connectivity index (χ0n) is 26.9. The second-order valence-electron chi connectivity index (χ2n) is 11.0. The van der Waals surface area contributed by atoms with Gasteiger partial charge >= 0.3 is 11.9 Å². The summed E-state index contributed by atoms with van der Waals surface area (Å²) in [6.45, 7) is 6.52. The number of esters is 2. The number of hydrogen-bond acceptors (Lipinski definition) is 8. The second kappa shape index (κ2) is 19.1. The van der Waals surface area contributed by atoms with Gasteiger partial charge in [0.25, 0.3) is 0 Å². The van der Waals surface area contributed by atoms with E-state index in [9.17, 15) is 9.59 Å². The summed E-state index contributed by atoms with van der Waals surface area (Å²) in [4.78, 5) is 23.8. The summed E-state index contributed by atoms with van der Waals surface area (Å²) in [7, 11) is 0. The van der Waals surface area contributed by atoms with Crippen LogP contribution in [0.25, 0.3) is 11.1 Å². The number of fused-ring (bicyclic) bond motifs is 1. The largest absolute Gasteiger partial charge is 0.494 e. The van der Waals surface area contributed by atoms with Crippen LogP contribution in [0.15, 0.2) is 59.1 Å². The van der Waals surface area contributed by atoms with Crippen LogP contribution < -0.4 is 18.9 Å². The number of carbonyl (C=O) groups is 2. The molecule has 0 saturated carbocycles. The Morgan fingerprint density at radius 2 is 1.46 bits per heavy atom. The van der Waals surface area contributed by atoms with E-state index in [1.165, 1.54) is 5.56 Å². The molecule has 0 fully saturated rings. The molecule has 0 saturated heterocycles. The van der Waals surface area contributed by atoms with E-state index in [4.69, 9.17) is 28.4 Å². The minimum absolute atomic E-state index is 0.213. The fourth-order valence-corrected chi connectivity index (χ4v) is 5.83. The summed E-state index contributed by atoms with van der Waals surface area (Å²) in [5.41, 5.74) is 4.32. The molecule has 9 heteroatoms. The number of carbonyl (C=O) groups excluding carboxylic acids is 2. The number of benzene rings is 3. The predicted octanol–water partition coefficient (Wildman–Crippen LogP) is 8.29. The highest BCUT2D eigenvalue weighted by atomic mass is 79.9. The fraction of sp³-hybridized carbons (Fsp3) is 0.459. The standard InChI is InChI=1S/C37H45BrO8/c1-3-41-36(39)14-10-20-44-33-13-9-12-27(32(33)16-18-37(40)42-4-2)11-7-5-6-8-19-43-31-24-29(23-30(38)26-31)28-15-17-34-35(25-28)46-22-21-45-34/h9,12-13,15,17,23-26H,3-8,10-11,14,16,18-22H2,1-2H3. The molecule has 248 valence electrons. The molecule has 0 bridgehead atoms. The van der Waals surface area contributed by atoms with Gasteiger partial charge in [0.05, 0.1) is 26.4 Å². The smallest absolute Gasteiger partial charge is 0.306 e. The van der Waals surface area contributed by atoms with Crippen LogP contribution in [0.4, 0.5) is 0 Å². The minimum Gasteiger partial charge on any atom is -0.494 e. The van der Waals surface area contributed by atoms with Crippen molar-refractivity contribution in [2.24, 2.45) is 0 Å². The van der Waals surface area contributed by atoms with Crippen molar-refractivity contribution in [1.29, 1.82) is 0 Å². The molecule has 0 atom stereocenters. The van der Waals surface area contributed by atoms with Crippen molar-refractivity contribution >= 4 is 27.9 Å². The third-order valence-electron chi connectivity index (χ3n) is 7.56. The van der Waals surface area contributed by atoms with Gasteiger partial charge in [-0.1, -0.05) is 47.0 Å². The molecule has 0 spiro atoms. The lowest BCUT2D eigenvalue weighted by Crippen LogP contribution is -2.15. The lowest BCUT2D eigenvalue weighted by molar-refractivity contribution is -0.144. The number of aryl methyl sites for hydroxylation is 1. The third kappa shape index (κ3) is 11.3. The van der Waals surface area contributed by atoms with E-state index < -0.39 is 0 Å². The second-order valence-corrected chi connectivity index (χ2v) is 11.9. The molecule has 0 aromatic heterocycles. The molecule has 1 aliphatic heterocycles. The van der Waals surface area contributed by atoms with Crippen LogP contribution in [0.5, 0.6) is 23.0 Å². The predicted molar refractivity (Wildman–Crippen MR) is 181 cm³/mol. The maximum atomic E-state index is 12.1. The van der Waals surface area contributed by atoms with Gasteiger partial charge in [-0.3, -0.25) is 9.59 Å². The molecule has 0 unspecified atom stereocenters. The summed E-state index contributed by atoms with van der Waals surface area (Å²) >= 11 is 3.63. The van der Waals surface area contributed by atoms with Crippen LogP contribution in [0, 0.1) is 0 Å². The molecule has 3 aromatic carbocycles. The molecule has 1 heterocycles. The Labute approximate surface area is 280 Å². The molecule has 0 amide bonds. The molecule has 4 rings (SSSR count). The molecule has 1 aliphatic rings. The van der Waals surface area contributed by atoms with Gasteiger partial charge in [-0.25, -0.2) is 0 Å². The van der Waals surface area contributed by atoms with Crippen molar-refractivity contribution in [3.8, 4) is 34.1 Å². The van der Waals surface area contributed by atoms with E-state index in [2.05, 4.69) is 34.1 Å². The maximum Gasteiger partial charge on any atom is 0.306 e. The number of halogens is 1. The summed E-state index contributed by atoms with van der Waals surface area (Å²) in [6, 6.07) is 18.2. The topological polar surface area (TPSA) is 89.5 Å². The van der Waals surface area contributed by atoms with Crippen molar-refractivity contribution in [2.75, 3.05) is 39.6 Å². The van der Waals surface area contributed by atoms with Gasteiger partial charge in [0.2, 0.25) is 0 Å². The quantitative estimate of drug-likeness (QED) is 0.0914. The van der Waals surface area contributed by atoms with Gasteiger partial charge < -0.3 is 28.4 Å². The van der Waals surface area contributed by atoms with E-state index in [1.807, 2.05) is 43.3 Å². The Hall–Kier alpha value is -3.72. The highest BCUT2D eigenvalue weighted by Crippen LogP contribution is 2.36. The zero-order chi connectivity index (χ0) is 32.6. The minimum atomic E-state index is -0.217. The Morgan fingerprint density at radius 3 is 2.26 bits per heavy atom. The van der Waals surface area contributed by atoms with Crippen molar-refractivity contribution in [1.82, 2.24) is 0 Å². The van der Waals surface area contributed by atoms with E-state index in [0.29, 0.717) is 65.3 Å². The Bertz CT molecular complexity index is 1420. The van der Waals surface area contributed by atoms with Crippen molar-refractivity contribution in [2.45, 2.75) is 71.6 Å². The van der Waals surface area contributed by atoms with E-state index in [0.717, 1.165) is 76.3 Å². The Morgan fingerprint density at radius 1 is 0.717 bits per heavy atom. The SMILES string of the molecule is CCOC(=O)CCCOc1cccc(CCCCCCOc2cc(Br)cc(-c3ccc4c(c3)OCCO4)c2)c1CCC(=O)OCC. The number of unbranched alkanes of at least 4 members (excludes halogenated alkanes) is 3. The first kappa shape index (κ1) is 35.1. The van der Waals surface area contributed by atoms with E-state index in [-0.39, 0.29) is 11.9 Å². The number of rotatable bonds is 19. The van der Waals surface area contributed by atoms with Crippen molar-refractivity contribution in [3.63, 3.8) is 0 Å². The van der Waals surface area contributed by atoms with Crippen LogP contribution in [0.1, 0.15) is 69.9 Å². The monoisotopic (exact) mass is 696 g/mol. The van der Waals surface area contributed by atoms with Crippen LogP contribution in [-0.4, -0.2) is 51.6 Å². The van der Waals surface area contributed by atoms with Crippen LogP contribution >= 0.6 is 15.9 Å². The van der Waals surface area contributed by atoms with Gasteiger partial charge in [-0.05, 0) is 105 Å². The number of hydrogen-bond donors (Lipinski definition) is 0. The summed E-state index contributed by atoms with van der Waals surface area (Å²) in [5, 5.41) is 0. The normalized spacial score (nSPS) is 12.0. The first-order valence-corrected chi connectivity index (χ1v) is 17.1. The molecule has 3 aromatic rings. The van der Waals surface area contributed by atoms with Crippen molar-refractivity contribution < 1.29 is 38.0 Å². The van der Waals surface area contributed by atoms with Gasteiger partial charge in [0.1, 0.15) is 24.7 Å². The Balaban J connectivity index is 1.25.